The highest BCUT2D eigenvalue weighted by molar-refractivity contribution is 5.75. The van der Waals surface area contributed by atoms with Gasteiger partial charge < -0.3 is 10.1 Å². The molecule has 0 aliphatic heterocycles. The van der Waals surface area contributed by atoms with Crippen LogP contribution in [0.1, 0.15) is 52.9 Å². The van der Waals surface area contributed by atoms with Crippen LogP contribution in [-0.4, -0.2) is 24.7 Å². The Labute approximate surface area is 98.9 Å². The minimum absolute atomic E-state index is 0.0939. The number of esters is 1. The normalized spacial score (nSPS) is 27.4. The Morgan fingerprint density at radius 3 is 2.44 bits per heavy atom. The van der Waals surface area contributed by atoms with Crippen LogP contribution in [0.4, 0.5) is 0 Å². The summed E-state index contributed by atoms with van der Waals surface area (Å²) in [4.78, 5) is 11.6. The molecular formula is C13H25NO2. The zero-order valence-corrected chi connectivity index (χ0v) is 10.8. The largest absolute Gasteiger partial charge is 0.465 e. The van der Waals surface area contributed by atoms with Crippen molar-refractivity contribution in [1.82, 2.24) is 5.32 Å². The second kappa shape index (κ2) is 6.89. The van der Waals surface area contributed by atoms with Gasteiger partial charge in [0.1, 0.15) is 6.04 Å². The summed E-state index contributed by atoms with van der Waals surface area (Å²) in [6, 6.07) is 0.393. The molecule has 3 nitrogen and oxygen atoms in total. The van der Waals surface area contributed by atoms with Gasteiger partial charge in [0.05, 0.1) is 6.61 Å². The average Bonchev–Trinajstić information content (AvgIpc) is 2.28. The van der Waals surface area contributed by atoms with Crippen molar-refractivity contribution in [3.63, 3.8) is 0 Å². The summed E-state index contributed by atoms with van der Waals surface area (Å²) in [6.07, 6.45) is 5.74. The Hall–Kier alpha value is -0.570. The van der Waals surface area contributed by atoms with Crippen LogP contribution in [0.5, 0.6) is 0 Å². The first-order valence-electron chi connectivity index (χ1n) is 6.60. The van der Waals surface area contributed by atoms with Crippen LogP contribution in [0.15, 0.2) is 0 Å². The van der Waals surface area contributed by atoms with E-state index in [1.54, 1.807) is 0 Å². The fourth-order valence-electron chi connectivity index (χ4n) is 2.31. The molecule has 94 valence electrons. The molecule has 3 heteroatoms. The van der Waals surface area contributed by atoms with E-state index in [1.165, 1.54) is 25.7 Å². The smallest absolute Gasteiger partial charge is 0.323 e. The molecule has 1 aliphatic carbocycles. The minimum Gasteiger partial charge on any atom is -0.465 e. The maximum absolute atomic E-state index is 11.6. The number of hydrogen-bond donors (Lipinski definition) is 1. The maximum Gasteiger partial charge on any atom is 0.323 e. The minimum atomic E-state index is -0.113. The number of nitrogens with one attached hydrogen (secondary N) is 1. The maximum atomic E-state index is 11.6. The first-order chi connectivity index (χ1) is 7.67. The molecule has 1 atom stereocenters. The van der Waals surface area contributed by atoms with Gasteiger partial charge in [-0.2, -0.15) is 0 Å². The SMILES string of the molecule is CCOC(=O)C(CC)NC1CCC(C)CC1. The Morgan fingerprint density at radius 2 is 1.94 bits per heavy atom. The molecule has 1 fully saturated rings. The summed E-state index contributed by atoms with van der Waals surface area (Å²) in [5.41, 5.74) is 0. The standard InChI is InChI=1S/C13H25NO2/c1-4-12(13(15)16-5-2)14-11-8-6-10(3)7-9-11/h10-12,14H,4-9H2,1-3H3. The van der Waals surface area contributed by atoms with Crippen molar-refractivity contribution in [3.05, 3.63) is 0 Å². The van der Waals surface area contributed by atoms with Crippen molar-refractivity contribution in [3.8, 4) is 0 Å². The van der Waals surface area contributed by atoms with Crippen molar-refractivity contribution in [1.29, 1.82) is 0 Å². The molecule has 1 N–H and O–H groups in total. The van der Waals surface area contributed by atoms with Gasteiger partial charge in [0.25, 0.3) is 0 Å². The summed E-state index contributed by atoms with van der Waals surface area (Å²) in [6.45, 7) is 6.66. The van der Waals surface area contributed by atoms with E-state index in [0.29, 0.717) is 12.6 Å². The van der Waals surface area contributed by atoms with Crippen LogP contribution in [0, 0.1) is 5.92 Å². The Balaban J connectivity index is 2.35. The molecule has 1 rings (SSSR count). The van der Waals surface area contributed by atoms with E-state index < -0.39 is 0 Å². The Morgan fingerprint density at radius 1 is 1.31 bits per heavy atom. The third kappa shape index (κ3) is 4.12. The second-order valence-electron chi connectivity index (χ2n) is 4.84. The lowest BCUT2D eigenvalue weighted by Gasteiger charge is -2.29. The lowest BCUT2D eigenvalue weighted by Crippen LogP contribution is -2.45. The van der Waals surface area contributed by atoms with Crippen molar-refractivity contribution in [2.75, 3.05) is 6.61 Å². The second-order valence-corrected chi connectivity index (χ2v) is 4.84. The molecule has 0 aromatic heterocycles. The first-order valence-corrected chi connectivity index (χ1v) is 6.60. The lowest BCUT2D eigenvalue weighted by atomic mass is 9.87. The van der Waals surface area contributed by atoms with E-state index in [4.69, 9.17) is 4.74 Å². The monoisotopic (exact) mass is 227 g/mol. The molecule has 0 aromatic rings. The van der Waals surface area contributed by atoms with Crippen LogP contribution in [-0.2, 0) is 9.53 Å². The highest BCUT2D eigenvalue weighted by Crippen LogP contribution is 2.23. The van der Waals surface area contributed by atoms with Crippen molar-refractivity contribution >= 4 is 5.97 Å². The van der Waals surface area contributed by atoms with Crippen molar-refractivity contribution < 1.29 is 9.53 Å². The third-order valence-corrected chi connectivity index (χ3v) is 3.43. The van der Waals surface area contributed by atoms with Crippen LogP contribution in [0.3, 0.4) is 0 Å². The first kappa shape index (κ1) is 13.5. The summed E-state index contributed by atoms with van der Waals surface area (Å²) in [7, 11) is 0. The summed E-state index contributed by atoms with van der Waals surface area (Å²) in [5, 5.41) is 3.44. The predicted molar refractivity (Wildman–Crippen MR) is 65.3 cm³/mol. The molecule has 1 aliphatic rings. The quantitative estimate of drug-likeness (QED) is 0.733. The van der Waals surface area contributed by atoms with Gasteiger partial charge in [-0.05, 0) is 44.9 Å². The van der Waals surface area contributed by atoms with Gasteiger partial charge in [-0.1, -0.05) is 13.8 Å². The highest BCUT2D eigenvalue weighted by Gasteiger charge is 2.24. The Bertz CT molecular complexity index is 210. The van der Waals surface area contributed by atoms with Gasteiger partial charge in [0.2, 0.25) is 0 Å². The molecule has 0 bridgehead atoms. The van der Waals surface area contributed by atoms with E-state index in [2.05, 4.69) is 12.2 Å². The van der Waals surface area contributed by atoms with E-state index in [9.17, 15) is 4.79 Å². The van der Waals surface area contributed by atoms with E-state index in [1.807, 2.05) is 13.8 Å². The summed E-state index contributed by atoms with van der Waals surface area (Å²) in [5.74, 6) is 0.754. The number of ether oxygens (including phenoxy) is 1. The third-order valence-electron chi connectivity index (χ3n) is 3.43. The molecule has 16 heavy (non-hydrogen) atoms. The zero-order valence-electron chi connectivity index (χ0n) is 10.8. The molecular weight excluding hydrogens is 202 g/mol. The molecule has 1 saturated carbocycles. The molecule has 0 spiro atoms. The molecule has 1 unspecified atom stereocenters. The fourth-order valence-corrected chi connectivity index (χ4v) is 2.31. The van der Waals surface area contributed by atoms with E-state index in [0.717, 1.165) is 12.3 Å². The van der Waals surface area contributed by atoms with Crippen LogP contribution < -0.4 is 5.32 Å². The molecule has 0 saturated heterocycles. The molecule has 0 heterocycles. The van der Waals surface area contributed by atoms with E-state index in [-0.39, 0.29) is 12.0 Å². The van der Waals surface area contributed by atoms with Gasteiger partial charge in [-0.15, -0.1) is 0 Å². The fraction of sp³-hybridized carbons (Fsp3) is 0.923. The highest BCUT2D eigenvalue weighted by atomic mass is 16.5. The van der Waals surface area contributed by atoms with Gasteiger partial charge in [0, 0.05) is 6.04 Å². The average molecular weight is 227 g/mol. The van der Waals surface area contributed by atoms with Crippen molar-refractivity contribution in [2.45, 2.75) is 65.0 Å². The van der Waals surface area contributed by atoms with Crippen LogP contribution in [0.25, 0.3) is 0 Å². The van der Waals surface area contributed by atoms with Gasteiger partial charge >= 0.3 is 5.97 Å². The number of carbonyl (C=O) groups excluding carboxylic acids is 1. The molecule has 0 amide bonds. The number of rotatable bonds is 5. The van der Waals surface area contributed by atoms with E-state index >= 15 is 0 Å². The molecule has 0 radical (unpaired) electrons. The summed E-state index contributed by atoms with van der Waals surface area (Å²) >= 11 is 0. The number of hydrogen-bond acceptors (Lipinski definition) is 3. The molecule has 0 aromatic carbocycles. The van der Waals surface area contributed by atoms with Gasteiger partial charge in [-0.25, -0.2) is 0 Å². The van der Waals surface area contributed by atoms with Crippen LogP contribution >= 0.6 is 0 Å². The van der Waals surface area contributed by atoms with Crippen molar-refractivity contribution in [2.24, 2.45) is 5.92 Å². The Kier molecular flexibility index (Phi) is 5.81. The lowest BCUT2D eigenvalue weighted by molar-refractivity contribution is -0.146. The number of carbonyl (C=O) groups is 1. The van der Waals surface area contributed by atoms with Gasteiger partial charge in [0.15, 0.2) is 0 Å². The zero-order chi connectivity index (χ0) is 12.0. The topological polar surface area (TPSA) is 38.3 Å². The summed E-state index contributed by atoms with van der Waals surface area (Å²) < 4.78 is 5.06. The van der Waals surface area contributed by atoms with Crippen LogP contribution in [0.2, 0.25) is 0 Å². The predicted octanol–water partition coefficient (Wildman–Crippen LogP) is 2.50. The van der Waals surface area contributed by atoms with Gasteiger partial charge in [-0.3, -0.25) is 4.79 Å².